The first-order valence-corrected chi connectivity index (χ1v) is 6.57. The van der Waals surface area contributed by atoms with Crippen LogP contribution in [0.2, 0.25) is 0 Å². The molecule has 0 bridgehead atoms. The third-order valence-corrected chi connectivity index (χ3v) is 3.30. The van der Waals surface area contributed by atoms with E-state index in [1.54, 1.807) is 7.11 Å². The highest BCUT2D eigenvalue weighted by atomic mass is 16.5. The van der Waals surface area contributed by atoms with E-state index in [9.17, 15) is 0 Å². The van der Waals surface area contributed by atoms with Gasteiger partial charge in [0.05, 0.1) is 18.8 Å². The molecule has 96 valence electrons. The van der Waals surface area contributed by atoms with E-state index in [4.69, 9.17) is 9.47 Å². The Morgan fingerprint density at radius 2 is 1.94 bits per heavy atom. The van der Waals surface area contributed by atoms with Crippen LogP contribution in [-0.4, -0.2) is 39.0 Å². The zero-order chi connectivity index (χ0) is 11.8. The molecule has 0 aromatic heterocycles. The van der Waals surface area contributed by atoms with Crippen LogP contribution in [0.25, 0.3) is 0 Å². The molecule has 1 atom stereocenters. The zero-order valence-electron chi connectivity index (χ0n) is 11.0. The van der Waals surface area contributed by atoms with Gasteiger partial charge in [-0.3, -0.25) is 0 Å². The Labute approximate surface area is 99.9 Å². The van der Waals surface area contributed by atoms with E-state index in [0.717, 1.165) is 25.6 Å². The van der Waals surface area contributed by atoms with Crippen LogP contribution >= 0.6 is 0 Å². The van der Waals surface area contributed by atoms with Gasteiger partial charge >= 0.3 is 0 Å². The lowest BCUT2D eigenvalue weighted by Gasteiger charge is -2.29. The maximum Gasteiger partial charge on any atom is 0.0675 e. The number of hydrogen-bond acceptors (Lipinski definition) is 3. The molecule has 1 unspecified atom stereocenters. The van der Waals surface area contributed by atoms with Gasteiger partial charge in [-0.25, -0.2) is 0 Å². The molecule has 0 aromatic rings. The van der Waals surface area contributed by atoms with Crippen LogP contribution in [-0.2, 0) is 9.47 Å². The first kappa shape index (κ1) is 13.9. The molecule has 3 nitrogen and oxygen atoms in total. The number of methoxy groups -OCH3 is 1. The average molecular weight is 229 g/mol. The van der Waals surface area contributed by atoms with Gasteiger partial charge in [-0.2, -0.15) is 0 Å². The smallest absolute Gasteiger partial charge is 0.0675 e. The van der Waals surface area contributed by atoms with Crippen LogP contribution in [0.4, 0.5) is 0 Å². The molecule has 0 spiro atoms. The van der Waals surface area contributed by atoms with Gasteiger partial charge in [0.1, 0.15) is 0 Å². The summed E-state index contributed by atoms with van der Waals surface area (Å²) in [4.78, 5) is 0. The van der Waals surface area contributed by atoms with Gasteiger partial charge in [0, 0.05) is 20.2 Å². The van der Waals surface area contributed by atoms with E-state index in [-0.39, 0.29) is 0 Å². The number of ether oxygens (including phenoxy) is 2. The van der Waals surface area contributed by atoms with Crippen LogP contribution < -0.4 is 5.32 Å². The van der Waals surface area contributed by atoms with E-state index >= 15 is 0 Å². The second-order valence-corrected chi connectivity index (χ2v) is 5.03. The normalized spacial score (nSPS) is 27.9. The minimum absolute atomic E-state index is 0.315. The van der Waals surface area contributed by atoms with E-state index in [1.165, 1.54) is 25.7 Å². The van der Waals surface area contributed by atoms with Gasteiger partial charge in [0.15, 0.2) is 0 Å². The maximum atomic E-state index is 6.02. The van der Waals surface area contributed by atoms with Crippen molar-refractivity contribution in [2.24, 2.45) is 5.92 Å². The zero-order valence-corrected chi connectivity index (χ0v) is 11.0. The van der Waals surface area contributed by atoms with Crippen molar-refractivity contribution in [2.75, 3.05) is 26.8 Å². The monoisotopic (exact) mass is 229 g/mol. The molecule has 0 heterocycles. The molecule has 0 radical (unpaired) electrons. The van der Waals surface area contributed by atoms with E-state index in [0.29, 0.717) is 12.2 Å². The summed E-state index contributed by atoms with van der Waals surface area (Å²) in [5, 5.41) is 3.33. The van der Waals surface area contributed by atoms with Gasteiger partial charge in [0.25, 0.3) is 0 Å². The van der Waals surface area contributed by atoms with Crippen molar-refractivity contribution in [2.45, 2.75) is 51.7 Å². The van der Waals surface area contributed by atoms with Gasteiger partial charge in [-0.05, 0) is 38.5 Å². The predicted molar refractivity (Wildman–Crippen MR) is 66.7 cm³/mol. The molecule has 3 heteroatoms. The first-order chi connectivity index (χ1) is 7.72. The lowest BCUT2D eigenvalue weighted by atomic mass is 9.89. The van der Waals surface area contributed by atoms with Crippen molar-refractivity contribution in [1.29, 1.82) is 0 Å². The highest BCUT2D eigenvalue weighted by Crippen LogP contribution is 2.26. The highest BCUT2D eigenvalue weighted by molar-refractivity contribution is 4.71. The van der Waals surface area contributed by atoms with Crippen molar-refractivity contribution < 1.29 is 9.47 Å². The van der Waals surface area contributed by atoms with Crippen molar-refractivity contribution in [1.82, 2.24) is 5.32 Å². The van der Waals surface area contributed by atoms with Crippen molar-refractivity contribution in [3.05, 3.63) is 0 Å². The van der Waals surface area contributed by atoms with Crippen molar-refractivity contribution in [3.8, 4) is 0 Å². The molecule has 1 saturated carbocycles. The SMILES string of the molecule is COCCNCC(C)OC1CCC(C)CC1. The molecular formula is C13H27NO2. The number of hydrogen-bond donors (Lipinski definition) is 1. The van der Waals surface area contributed by atoms with Crippen LogP contribution in [0.15, 0.2) is 0 Å². The molecule has 1 aliphatic rings. The molecule has 0 saturated heterocycles. The Kier molecular flexibility index (Phi) is 7.01. The summed E-state index contributed by atoms with van der Waals surface area (Å²) in [6, 6.07) is 0. The largest absolute Gasteiger partial charge is 0.383 e. The summed E-state index contributed by atoms with van der Waals surface area (Å²) in [5.74, 6) is 0.898. The summed E-state index contributed by atoms with van der Waals surface area (Å²) in [6.45, 7) is 7.10. The fourth-order valence-electron chi connectivity index (χ4n) is 2.22. The van der Waals surface area contributed by atoms with Gasteiger partial charge < -0.3 is 14.8 Å². The van der Waals surface area contributed by atoms with E-state index in [2.05, 4.69) is 19.2 Å². The molecule has 1 rings (SSSR count). The molecular weight excluding hydrogens is 202 g/mol. The molecule has 0 aliphatic heterocycles. The van der Waals surface area contributed by atoms with Crippen LogP contribution in [0.3, 0.4) is 0 Å². The summed E-state index contributed by atoms with van der Waals surface area (Å²) in [6.07, 6.45) is 5.95. The Morgan fingerprint density at radius 1 is 1.25 bits per heavy atom. The van der Waals surface area contributed by atoms with Crippen LogP contribution in [0, 0.1) is 5.92 Å². The third kappa shape index (κ3) is 5.83. The first-order valence-electron chi connectivity index (χ1n) is 6.57. The van der Waals surface area contributed by atoms with E-state index in [1.807, 2.05) is 0 Å². The summed E-state index contributed by atoms with van der Waals surface area (Å²) in [5.41, 5.74) is 0. The fraction of sp³-hybridized carbons (Fsp3) is 1.00. The molecule has 0 amide bonds. The molecule has 1 aliphatic carbocycles. The standard InChI is InChI=1S/C13H27NO2/c1-11-4-6-13(7-5-11)16-12(2)10-14-8-9-15-3/h11-14H,4-10H2,1-3H3. The van der Waals surface area contributed by atoms with Gasteiger partial charge in [-0.15, -0.1) is 0 Å². The molecule has 1 fully saturated rings. The van der Waals surface area contributed by atoms with Gasteiger partial charge in [-0.1, -0.05) is 6.92 Å². The third-order valence-electron chi connectivity index (χ3n) is 3.30. The second-order valence-electron chi connectivity index (χ2n) is 5.03. The minimum atomic E-state index is 0.315. The molecule has 0 aromatic carbocycles. The van der Waals surface area contributed by atoms with Gasteiger partial charge in [0.2, 0.25) is 0 Å². The minimum Gasteiger partial charge on any atom is -0.383 e. The Hall–Kier alpha value is -0.120. The Bertz CT molecular complexity index is 167. The quantitative estimate of drug-likeness (QED) is 0.679. The number of rotatable bonds is 7. The van der Waals surface area contributed by atoms with Crippen LogP contribution in [0.5, 0.6) is 0 Å². The predicted octanol–water partition coefficient (Wildman–Crippen LogP) is 2.21. The Balaban J connectivity index is 2.02. The van der Waals surface area contributed by atoms with Crippen LogP contribution in [0.1, 0.15) is 39.5 Å². The van der Waals surface area contributed by atoms with Crippen molar-refractivity contribution in [3.63, 3.8) is 0 Å². The highest BCUT2D eigenvalue weighted by Gasteiger charge is 2.20. The topological polar surface area (TPSA) is 30.5 Å². The summed E-state index contributed by atoms with van der Waals surface area (Å²) in [7, 11) is 1.73. The molecule has 16 heavy (non-hydrogen) atoms. The second kappa shape index (κ2) is 8.04. The number of nitrogens with one attached hydrogen (secondary N) is 1. The lowest BCUT2D eigenvalue weighted by Crippen LogP contribution is -2.33. The summed E-state index contributed by atoms with van der Waals surface area (Å²) < 4.78 is 11.0. The average Bonchev–Trinajstić information content (AvgIpc) is 2.28. The van der Waals surface area contributed by atoms with E-state index < -0.39 is 0 Å². The summed E-state index contributed by atoms with van der Waals surface area (Å²) >= 11 is 0. The Morgan fingerprint density at radius 3 is 2.56 bits per heavy atom. The maximum absolute atomic E-state index is 6.02. The fourth-order valence-corrected chi connectivity index (χ4v) is 2.22. The van der Waals surface area contributed by atoms with Crippen molar-refractivity contribution >= 4 is 0 Å². The lowest BCUT2D eigenvalue weighted by molar-refractivity contribution is -0.0262. The molecule has 1 N–H and O–H groups in total.